The smallest absolute Gasteiger partial charge is 0.243 e. The predicted octanol–water partition coefficient (Wildman–Crippen LogP) is 2.93. The normalized spacial score (nSPS) is 10.8. The summed E-state index contributed by atoms with van der Waals surface area (Å²) in [5.41, 5.74) is 2.44. The van der Waals surface area contributed by atoms with E-state index in [4.69, 9.17) is 4.74 Å². The van der Waals surface area contributed by atoms with E-state index in [1.54, 1.807) is 0 Å². The molecule has 3 aromatic rings. The standard InChI is InChI=1S/C15H14N2O2/c1-11-6-2-3-7-13(11)19-15-12(10-18)17-9-5-4-8-14(17)16-15/h2-9,18H,10H2,1H3. The molecule has 3 rings (SSSR count). The monoisotopic (exact) mass is 254 g/mol. The highest BCUT2D eigenvalue weighted by molar-refractivity contribution is 5.47. The molecule has 2 aromatic heterocycles. The number of nitrogens with zero attached hydrogens (tertiary/aromatic N) is 2. The van der Waals surface area contributed by atoms with E-state index in [2.05, 4.69) is 4.98 Å². The second kappa shape index (κ2) is 4.74. The zero-order valence-corrected chi connectivity index (χ0v) is 10.6. The Bertz CT molecular complexity index is 719. The molecule has 4 heteroatoms. The van der Waals surface area contributed by atoms with Crippen LogP contribution in [-0.4, -0.2) is 14.5 Å². The molecule has 96 valence electrons. The molecule has 0 amide bonds. The van der Waals surface area contributed by atoms with E-state index in [1.165, 1.54) is 0 Å². The summed E-state index contributed by atoms with van der Waals surface area (Å²) in [6.45, 7) is 1.86. The molecule has 19 heavy (non-hydrogen) atoms. The molecule has 1 N–H and O–H groups in total. The number of imidazole rings is 1. The molecule has 0 fully saturated rings. The van der Waals surface area contributed by atoms with Crippen LogP contribution in [0.3, 0.4) is 0 Å². The van der Waals surface area contributed by atoms with Gasteiger partial charge in [-0.15, -0.1) is 0 Å². The number of rotatable bonds is 3. The fourth-order valence-corrected chi connectivity index (χ4v) is 2.03. The lowest BCUT2D eigenvalue weighted by molar-refractivity contribution is 0.269. The zero-order chi connectivity index (χ0) is 13.2. The average Bonchev–Trinajstić information content (AvgIpc) is 2.78. The summed E-state index contributed by atoms with van der Waals surface area (Å²) < 4.78 is 7.65. The molecule has 2 heterocycles. The zero-order valence-electron chi connectivity index (χ0n) is 10.6. The maximum atomic E-state index is 9.51. The number of hydrogen-bond acceptors (Lipinski definition) is 3. The lowest BCUT2D eigenvalue weighted by Gasteiger charge is -2.07. The molecule has 0 atom stereocenters. The number of aliphatic hydroxyl groups is 1. The summed E-state index contributed by atoms with van der Waals surface area (Å²) in [4.78, 5) is 4.40. The van der Waals surface area contributed by atoms with E-state index in [1.807, 2.05) is 60.0 Å². The number of aromatic nitrogens is 2. The van der Waals surface area contributed by atoms with Crippen molar-refractivity contribution in [2.24, 2.45) is 0 Å². The van der Waals surface area contributed by atoms with E-state index in [9.17, 15) is 5.11 Å². The number of pyridine rings is 1. The van der Waals surface area contributed by atoms with Gasteiger partial charge in [0, 0.05) is 6.20 Å². The number of ether oxygens (including phenoxy) is 1. The summed E-state index contributed by atoms with van der Waals surface area (Å²) >= 11 is 0. The lowest BCUT2D eigenvalue weighted by atomic mass is 10.2. The molecule has 0 saturated carbocycles. The first-order valence-corrected chi connectivity index (χ1v) is 6.10. The molecule has 0 unspecified atom stereocenters. The second-order valence-corrected chi connectivity index (χ2v) is 4.32. The van der Waals surface area contributed by atoms with Gasteiger partial charge in [-0.3, -0.25) is 4.40 Å². The summed E-state index contributed by atoms with van der Waals surface area (Å²) in [7, 11) is 0. The maximum Gasteiger partial charge on any atom is 0.243 e. The molecule has 0 aliphatic carbocycles. The third-order valence-corrected chi connectivity index (χ3v) is 3.04. The molecule has 0 saturated heterocycles. The van der Waals surface area contributed by atoms with Crippen molar-refractivity contribution in [1.82, 2.24) is 9.38 Å². The predicted molar refractivity (Wildman–Crippen MR) is 72.4 cm³/mol. The van der Waals surface area contributed by atoms with Crippen LogP contribution in [0.1, 0.15) is 11.3 Å². The topological polar surface area (TPSA) is 46.8 Å². The highest BCUT2D eigenvalue weighted by Gasteiger charge is 2.13. The number of para-hydroxylation sites is 1. The maximum absolute atomic E-state index is 9.51. The van der Waals surface area contributed by atoms with Gasteiger partial charge in [-0.05, 0) is 30.7 Å². The molecular weight excluding hydrogens is 240 g/mol. The summed E-state index contributed by atoms with van der Waals surface area (Å²) in [6, 6.07) is 13.4. The van der Waals surface area contributed by atoms with Gasteiger partial charge in [-0.1, -0.05) is 24.3 Å². The van der Waals surface area contributed by atoms with Crippen molar-refractivity contribution in [3.8, 4) is 11.6 Å². The molecule has 4 nitrogen and oxygen atoms in total. The molecular formula is C15H14N2O2. The van der Waals surface area contributed by atoms with Gasteiger partial charge in [0.15, 0.2) is 0 Å². The van der Waals surface area contributed by atoms with E-state index in [0.29, 0.717) is 11.6 Å². The van der Waals surface area contributed by atoms with E-state index in [-0.39, 0.29) is 6.61 Å². The van der Waals surface area contributed by atoms with E-state index < -0.39 is 0 Å². The lowest BCUT2D eigenvalue weighted by Crippen LogP contribution is -1.95. The minimum atomic E-state index is -0.119. The first-order valence-electron chi connectivity index (χ1n) is 6.10. The minimum absolute atomic E-state index is 0.119. The number of benzene rings is 1. The van der Waals surface area contributed by atoms with Crippen molar-refractivity contribution in [1.29, 1.82) is 0 Å². The second-order valence-electron chi connectivity index (χ2n) is 4.32. The summed E-state index contributed by atoms with van der Waals surface area (Å²) in [5, 5.41) is 9.51. The first kappa shape index (κ1) is 11.7. The Kier molecular flexibility index (Phi) is 2.93. The largest absolute Gasteiger partial charge is 0.437 e. The Morgan fingerprint density at radius 3 is 2.74 bits per heavy atom. The van der Waals surface area contributed by atoms with Crippen LogP contribution in [0.4, 0.5) is 0 Å². The Hall–Kier alpha value is -2.33. The summed E-state index contributed by atoms with van der Waals surface area (Å²) in [5.74, 6) is 1.20. The van der Waals surface area contributed by atoms with Gasteiger partial charge >= 0.3 is 0 Å². The van der Waals surface area contributed by atoms with Gasteiger partial charge < -0.3 is 9.84 Å². The van der Waals surface area contributed by atoms with E-state index >= 15 is 0 Å². The van der Waals surface area contributed by atoms with Gasteiger partial charge in [0.05, 0.1) is 6.61 Å². The molecule has 0 radical (unpaired) electrons. The van der Waals surface area contributed by atoms with Gasteiger partial charge in [-0.2, -0.15) is 4.98 Å². The van der Waals surface area contributed by atoms with Crippen LogP contribution >= 0.6 is 0 Å². The number of aliphatic hydroxyl groups excluding tert-OH is 1. The molecule has 0 aliphatic heterocycles. The summed E-state index contributed by atoms with van der Waals surface area (Å²) in [6.07, 6.45) is 1.86. The van der Waals surface area contributed by atoms with E-state index in [0.717, 1.165) is 17.0 Å². The molecule has 0 bridgehead atoms. The number of hydrogen-bond donors (Lipinski definition) is 1. The van der Waals surface area contributed by atoms with Crippen LogP contribution in [-0.2, 0) is 6.61 Å². The first-order chi connectivity index (χ1) is 9.29. The Morgan fingerprint density at radius 2 is 1.95 bits per heavy atom. The van der Waals surface area contributed by atoms with Crippen LogP contribution in [0.25, 0.3) is 5.65 Å². The van der Waals surface area contributed by atoms with Crippen molar-refractivity contribution in [2.75, 3.05) is 0 Å². The van der Waals surface area contributed by atoms with Crippen LogP contribution in [0.2, 0.25) is 0 Å². The third-order valence-electron chi connectivity index (χ3n) is 3.04. The Balaban J connectivity index is 2.08. The highest BCUT2D eigenvalue weighted by atomic mass is 16.5. The van der Waals surface area contributed by atoms with Gasteiger partial charge in [0.25, 0.3) is 0 Å². The van der Waals surface area contributed by atoms with Crippen LogP contribution in [0.15, 0.2) is 48.7 Å². The fourth-order valence-electron chi connectivity index (χ4n) is 2.03. The van der Waals surface area contributed by atoms with Crippen LogP contribution in [0.5, 0.6) is 11.6 Å². The average molecular weight is 254 g/mol. The van der Waals surface area contributed by atoms with Crippen molar-refractivity contribution >= 4 is 5.65 Å². The van der Waals surface area contributed by atoms with Crippen LogP contribution in [0, 0.1) is 6.92 Å². The van der Waals surface area contributed by atoms with Crippen molar-refractivity contribution in [3.05, 3.63) is 59.9 Å². The molecule has 0 spiro atoms. The fraction of sp³-hybridized carbons (Fsp3) is 0.133. The van der Waals surface area contributed by atoms with Crippen LogP contribution < -0.4 is 4.74 Å². The quantitative estimate of drug-likeness (QED) is 0.781. The van der Waals surface area contributed by atoms with Gasteiger partial charge in [0.2, 0.25) is 5.88 Å². The molecule has 1 aromatic carbocycles. The minimum Gasteiger partial charge on any atom is -0.437 e. The van der Waals surface area contributed by atoms with Crippen molar-refractivity contribution in [3.63, 3.8) is 0 Å². The highest BCUT2D eigenvalue weighted by Crippen LogP contribution is 2.27. The van der Waals surface area contributed by atoms with Gasteiger partial charge in [0.1, 0.15) is 17.1 Å². The Morgan fingerprint density at radius 1 is 1.16 bits per heavy atom. The van der Waals surface area contributed by atoms with Crippen molar-refractivity contribution in [2.45, 2.75) is 13.5 Å². The third kappa shape index (κ3) is 2.06. The van der Waals surface area contributed by atoms with Gasteiger partial charge in [-0.25, -0.2) is 0 Å². The van der Waals surface area contributed by atoms with Crippen molar-refractivity contribution < 1.29 is 9.84 Å². The number of fused-ring (bicyclic) bond motifs is 1. The Labute approximate surface area is 110 Å². The molecule has 0 aliphatic rings. The SMILES string of the molecule is Cc1ccccc1Oc1nc2ccccn2c1CO. The number of aryl methyl sites for hydroxylation is 1.